The van der Waals surface area contributed by atoms with Gasteiger partial charge in [-0.15, -0.1) is 17.9 Å². The zero-order valence-electron chi connectivity index (χ0n) is 13.7. The molecular formula is C16H22N4O2S2. The van der Waals surface area contributed by atoms with Crippen LogP contribution in [0.25, 0.3) is 0 Å². The predicted molar refractivity (Wildman–Crippen MR) is 99.5 cm³/mol. The summed E-state index contributed by atoms with van der Waals surface area (Å²) in [5.74, 6) is 1.78. The fourth-order valence-electron chi connectivity index (χ4n) is 3.05. The lowest BCUT2D eigenvalue weighted by Crippen LogP contribution is -2.49. The van der Waals surface area contributed by atoms with Gasteiger partial charge in [-0.25, -0.2) is 9.98 Å². The second-order valence-corrected chi connectivity index (χ2v) is 8.05. The van der Waals surface area contributed by atoms with Gasteiger partial charge in [0, 0.05) is 23.5 Å². The Hall–Kier alpha value is -1.38. The molecule has 0 radical (unpaired) electrons. The van der Waals surface area contributed by atoms with Crippen molar-refractivity contribution in [3.63, 3.8) is 0 Å². The summed E-state index contributed by atoms with van der Waals surface area (Å²) in [6.45, 7) is 6.20. The Morgan fingerprint density at radius 2 is 2.50 bits per heavy atom. The summed E-state index contributed by atoms with van der Waals surface area (Å²) >= 11 is 3.10. The highest BCUT2D eigenvalue weighted by Gasteiger charge is 2.49. The van der Waals surface area contributed by atoms with E-state index in [9.17, 15) is 4.79 Å². The third-order valence-electron chi connectivity index (χ3n) is 4.34. The molecule has 6 nitrogen and oxygen atoms in total. The number of nitrogens with one attached hydrogen (secondary N) is 1. The van der Waals surface area contributed by atoms with Crippen LogP contribution in [0, 0.1) is 5.92 Å². The van der Waals surface area contributed by atoms with Gasteiger partial charge in [0.15, 0.2) is 5.17 Å². The van der Waals surface area contributed by atoms with Crippen molar-refractivity contribution in [3.8, 4) is 0 Å². The van der Waals surface area contributed by atoms with E-state index in [4.69, 9.17) is 15.5 Å². The van der Waals surface area contributed by atoms with Crippen molar-refractivity contribution in [2.75, 3.05) is 17.7 Å². The molecule has 1 aromatic rings. The van der Waals surface area contributed by atoms with Gasteiger partial charge in [0.25, 0.3) is 0 Å². The van der Waals surface area contributed by atoms with Crippen molar-refractivity contribution < 1.29 is 9.53 Å². The monoisotopic (exact) mass is 366 g/mol. The third-order valence-corrected chi connectivity index (χ3v) is 6.30. The number of hydrogen-bond donors (Lipinski definition) is 2. The third kappa shape index (κ3) is 3.50. The highest BCUT2D eigenvalue weighted by Crippen LogP contribution is 2.46. The molecule has 24 heavy (non-hydrogen) atoms. The van der Waals surface area contributed by atoms with Crippen LogP contribution in [-0.4, -0.2) is 34.5 Å². The maximum Gasteiger partial charge on any atom is 0.225 e. The molecular weight excluding hydrogens is 344 g/mol. The van der Waals surface area contributed by atoms with Crippen LogP contribution < -0.4 is 11.1 Å². The Kier molecular flexibility index (Phi) is 5.27. The first kappa shape index (κ1) is 17.4. The number of nitrogens with two attached hydrogens (primary N) is 1. The topological polar surface area (TPSA) is 89.6 Å². The van der Waals surface area contributed by atoms with Crippen LogP contribution in [0.5, 0.6) is 0 Å². The molecule has 3 heterocycles. The van der Waals surface area contributed by atoms with Crippen LogP contribution in [0.3, 0.4) is 0 Å². The minimum Gasteiger partial charge on any atom is -0.379 e. The first-order valence-corrected chi connectivity index (χ1v) is 9.86. The molecule has 2 aliphatic heterocycles. The van der Waals surface area contributed by atoms with Gasteiger partial charge in [-0.2, -0.15) is 0 Å². The number of amidine groups is 1. The summed E-state index contributed by atoms with van der Waals surface area (Å²) in [7, 11) is 0. The van der Waals surface area contributed by atoms with Gasteiger partial charge in [-0.05, 0) is 19.8 Å². The van der Waals surface area contributed by atoms with Crippen molar-refractivity contribution in [3.05, 3.63) is 23.0 Å². The number of rotatable bonds is 5. The molecule has 1 saturated heterocycles. The Labute approximate surface area is 150 Å². The van der Waals surface area contributed by atoms with E-state index in [1.54, 1.807) is 17.8 Å². The number of allylic oxidation sites excluding steroid dienone is 1. The Morgan fingerprint density at radius 3 is 3.29 bits per heavy atom. The quantitative estimate of drug-likeness (QED) is 0.782. The number of ether oxygens (including phenoxy) is 1. The van der Waals surface area contributed by atoms with Crippen molar-refractivity contribution >= 4 is 40.0 Å². The molecule has 130 valence electrons. The Morgan fingerprint density at radius 1 is 1.67 bits per heavy atom. The first-order valence-electron chi connectivity index (χ1n) is 8.00. The molecule has 3 atom stereocenters. The van der Waals surface area contributed by atoms with Gasteiger partial charge < -0.3 is 15.8 Å². The number of aliphatic imine (C=N–C) groups is 1. The molecule has 2 aliphatic rings. The maximum absolute atomic E-state index is 11.9. The van der Waals surface area contributed by atoms with Crippen molar-refractivity contribution in [2.45, 2.75) is 37.8 Å². The molecule has 8 heteroatoms. The lowest BCUT2D eigenvalue weighted by atomic mass is 9.80. The summed E-state index contributed by atoms with van der Waals surface area (Å²) in [5, 5.41) is 6.14. The van der Waals surface area contributed by atoms with Gasteiger partial charge in [0.1, 0.15) is 16.4 Å². The fraction of sp³-hybridized carbons (Fsp3) is 0.562. The van der Waals surface area contributed by atoms with E-state index >= 15 is 0 Å². The molecule has 0 saturated carbocycles. The van der Waals surface area contributed by atoms with E-state index < -0.39 is 5.54 Å². The van der Waals surface area contributed by atoms with Gasteiger partial charge in [0.2, 0.25) is 5.91 Å². The summed E-state index contributed by atoms with van der Waals surface area (Å²) in [5.41, 5.74) is 5.48. The molecule has 0 unspecified atom stereocenters. The number of amides is 1. The van der Waals surface area contributed by atoms with E-state index in [0.717, 1.165) is 17.2 Å². The molecule has 0 aliphatic carbocycles. The number of fused-ring (bicyclic) bond motifs is 1. The normalized spacial score (nSPS) is 29.5. The van der Waals surface area contributed by atoms with Gasteiger partial charge in [-0.3, -0.25) is 4.79 Å². The number of nitrogens with zero attached hydrogens (tertiary/aromatic N) is 2. The lowest BCUT2D eigenvalue weighted by molar-refractivity contribution is -0.116. The number of aromatic nitrogens is 1. The van der Waals surface area contributed by atoms with Gasteiger partial charge in [-0.1, -0.05) is 17.8 Å². The molecule has 1 amide bonds. The average molecular weight is 367 g/mol. The number of carbonyl (C=O) groups excluding carboxylic acids is 1. The largest absolute Gasteiger partial charge is 0.379 e. The van der Waals surface area contributed by atoms with Crippen LogP contribution in [0.2, 0.25) is 0 Å². The molecule has 3 rings (SSSR count). The van der Waals surface area contributed by atoms with Crippen molar-refractivity contribution in [2.24, 2.45) is 16.6 Å². The standard InChI is InChI=1S/C16H22N4O2S2/c1-3-4-5-13(21)18-12-8-23-14(19-12)16-9-22-10(2)6-11(16)7-24-15(17)20-16/h3,8,10-11H,1,4-7,9H2,2H3,(H2,17,20)(H,18,21)/t10-,11-,16-/m0/s1. The number of hydrogen-bond acceptors (Lipinski definition) is 7. The van der Waals surface area contributed by atoms with E-state index in [1.165, 1.54) is 11.3 Å². The maximum atomic E-state index is 11.9. The number of thioether (sulfide) groups is 1. The minimum absolute atomic E-state index is 0.0588. The number of thiazole rings is 1. The molecule has 0 spiro atoms. The summed E-state index contributed by atoms with van der Waals surface area (Å²) in [6.07, 6.45) is 3.94. The van der Waals surface area contributed by atoms with Crippen LogP contribution >= 0.6 is 23.1 Å². The van der Waals surface area contributed by atoms with Gasteiger partial charge >= 0.3 is 0 Å². The van der Waals surface area contributed by atoms with Crippen molar-refractivity contribution in [1.29, 1.82) is 0 Å². The molecule has 1 fully saturated rings. The summed E-state index contributed by atoms with van der Waals surface area (Å²) in [6, 6.07) is 0. The molecule has 1 aromatic heterocycles. The lowest BCUT2D eigenvalue weighted by Gasteiger charge is -2.44. The van der Waals surface area contributed by atoms with E-state index in [2.05, 4.69) is 23.8 Å². The van der Waals surface area contributed by atoms with E-state index in [0.29, 0.717) is 36.4 Å². The SMILES string of the molecule is C=CCCC(=O)Nc1csc([C@]23CO[C@@H](C)C[C@H]2CSC(N)=N3)n1. The average Bonchev–Trinajstić information content (AvgIpc) is 3.02. The second kappa shape index (κ2) is 7.25. The van der Waals surface area contributed by atoms with Crippen LogP contribution in [0.4, 0.5) is 5.82 Å². The molecule has 0 aromatic carbocycles. The zero-order valence-corrected chi connectivity index (χ0v) is 15.3. The predicted octanol–water partition coefficient (Wildman–Crippen LogP) is 2.73. The van der Waals surface area contributed by atoms with Gasteiger partial charge in [0.05, 0.1) is 12.7 Å². The first-order chi connectivity index (χ1) is 11.5. The Bertz CT molecular complexity index is 660. The molecule has 3 N–H and O–H groups in total. The second-order valence-electron chi connectivity index (χ2n) is 6.15. The van der Waals surface area contributed by atoms with Crippen LogP contribution in [0.15, 0.2) is 23.0 Å². The van der Waals surface area contributed by atoms with E-state index in [1.807, 2.05) is 5.38 Å². The fourth-order valence-corrected chi connectivity index (χ4v) is 5.02. The minimum atomic E-state index is -0.517. The highest BCUT2D eigenvalue weighted by molar-refractivity contribution is 8.13. The van der Waals surface area contributed by atoms with Crippen molar-refractivity contribution in [1.82, 2.24) is 4.98 Å². The highest BCUT2D eigenvalue weighted by atomic mass is 32.2. The summed E-state index contributed by atoms with van der Waals surface area (Å²) in [4.78, 5) is 21.2. The Balaban J connectivity index is 1.82. The van der Waals surface area contributed by atoms with Crippen LogP contribution in [0.1, 0.15) is 31.2 Å². The smallest absolute Gasteiger partial charge is 0.225 e. The van der Waals surface area contributed by atoms with Crippen LogP contribution in [-0.2, 0) is 15.1 Å². The molecule has 0 bridgehead atoms. The number of anilines is 1. The van der Waals surface area contributed by atoms with E-state index in [-0.39, 0.29) is 12.0 Å². The zero-order chi connectivity index (χ0) is 17.2. The number of carbonyl (C=O) groups is 1. The summed E-state index contributed by atoms with van der Waals surface area (Å²) < 4.78 is 5.89.